The van der Waals surface area contributed by atoms with Gasteiger partial charge in [-0.1, -0.05) is 12.0 Å². The van der Waals surface area contributed by atoms with Gasteiger partial charge in [0.15, 0.2) is 5.82 Å². The summed E-state index contributed by atoms with van der Waals surface area (Å²) in [6, 6.07) is 11.1. The summed E-state index contributed by atoms with van der Waals surface area (Å²) in [7, 11) is 1.72. The molecule has 6 aromatic rings. The van der Waals surface area contributed by atoms with E-state index in [9.17, 15) is 29.4 Å². The number of imidazole rings is 1. The van der Waals surface area contributed by atoms with Crippen molar-refractivity contribution in [3.63, 3.8) is 0 Å². The van der Waals surface area contributed by atoms with E-state index in [4.69, 9.17) is 20.9 Å². The normalized spacial score (nSPS) is 25.4. The summed E-state index contributed by atoms with van der Waals surface area (Å²) in [5.41, 5.74) is 0.593. The van der Waals surface area contributed by atoms with Crippen molar-refractivity contribution in [3.8, 4) is 35.4 Å². The molecule has 7 aliphatic rings. The van der Waals surface area contributed by atoms with E-state index in [1.165, 1.54) is 35.0 Å². The lowest BCUT2D eigenvalue weighted by Crippen LogP contribution is -2.68. The van der Waals surface area contributed by atoms with Gasteiger partial charge in [0.25, 0.3) is 0 Å². The predicted octanol–water partition coefficient (Wildman–Crippen LogP) is 6.51. The summed E-state index contributed by atoms with van der Waals surface area (Å²) in [5.74, 6) is 0.312. The van der Waals surface area contributed by atoms with Gasteiger partial charge in [-0.2, -0.15) is 9.97 Å². The van der Waals surface area contributed by atoms with Crippen molar-refractivity contribution < 1.29 is 42.9 Å². The van der Waals surface area contributed by atoms with Crippen molar-refractivity contribution in [2.24, 2.45) is 7.05 Å². The zero-order chi connectivity index (χ0) is 56.1. The second-order valence-electron chi connectivity index (χ2n) is 24.0. The number of aliphatic hydroxyl groups is 1. The van der Waals surface area contributed by atoms with Crippen LogP contribution in [0.2, 0.25) is 0 Å². The second kappa shape index (κ2) is 20.2. The molecule has 424 valence electrons. The number of carbonyl (C=O) groups is 3. The molecule has 4 atom stereocenters. The van der Waals surface area contributed by atoms with E-state index >= 15 is 8.78 Å². The van der Waals surface area contributed by atoms with Gasteiger partial charge in [0.2, 0.25) is 11.8 Å². The zero-order valence-corrected chi connectivity index (χ0v) is 45.8. The van der Waals surface area contributed by atoms with Crippen LogP contribution in [0, 0.1) is 24.0 Å². The fraction of sp³-hybridized carbons (Fsp3) is 0.517. The minimum atomic E-state index is -1.02. The van der Waals surface area contributed by atoms with Crippen LogP contribution in [0.5, 0.6) is 11.8 Å². The molecule has 19 nitrogen and oxygen atoms in total. The Morgan fingerprint density at radius 2 is 1.67 bits per heavy atom. The van der Waals surface area contributed by atoms with Crippen molar-refractivity contribution in [1.82, 2.24) is 44.1 Å². The number of anilines is 2. The number of hydrogen-bond acceptors (Lipinski definition) is 15. The van der Waals surface area contributed by atoms with Gasteiger partial charge in [-0.05, 0) is 132 Å². The fourth-order valence-corrected chi connectivity index (χ4v) is 14.9. The second-order valence-corrected chi connectivity index (χ2v) is 24.0. The van der Waals surface area contributed by atoms with Gasteiger partial charge >= 0.3 is 17.8 Å². The van der Waals surface area contributed by atoms with Crippen LogP contribution in [0.3, 0.4) is 0 Å². The Bertz CT molecular complexity index is 3660. The molecule has 13 rings (SSSR count). The van der Waals surface area contributed by atoms with Crippen LogP contribution < -0.4 is 25.5 Å². The minimum Gasteiger partial charge on any atom is -0.508 e. The molecule has 3 aromatic heterocycles. The van der Waals surface area contributed by atoms with Crippen LogP contribution >= 0.6 is 0 Å². The van der Waals surface area contributed by atoms with E-state index in [1.54, 1.807) is 18.5 Å². The summed E-state index contributed by atoms with van der Waals surface area (Å²) in [5, 5.41) is 25.2. The molecule has 0 bridgehead atoms. The Morgan fingerprint density at radius 3 is 2.42 bits per heavy atom. The largest absolute Gasteiger partial charge is 0.508 e. The van der Waals surface area contributed by atoms with Crippen molar-refractivity contribution >= 4 is 62.1 Å². The summed E-state index contributed by atoms with van der Waals surface area (Å²) < 4.78 is 48.2. The number of piperidine rings is 4. The van der Waals surface area contributed by atoms with E-state index < -0.39 is 29.2 Å². The number of likely N-dealkylation sites (tertiary alicyclic amines) is 2. The number of aromatic hydroxyl groups is 1. The summed E-state index contributed by atoms with van der Waals surface area (Å²) in [6.07, 6.45) is 16.9. The molecule has 3 aromatic carbocycles. The molecule has 0 radical (unpaired) electrons. The van der Waals surface area contributed by atoms with Gasteiger partial charge in [-0.15, -0.1) is 6.42 Å². The summed E-state index contributed by atoms with van der Waals surface area (Å²) in [4.78, 5) is 77.0. The average molecular weight is 1110 g/mol. The molecule has 7 aliphatic heterocycles. The monoisotopic (exact) mass is 1110 g/mol. The van der Waals surface area contributed by atoms with Crippen molar-refractivity contribution in [2.75, 3.05) is 75.4 Å². The number of fused-ring (bicyclic) bond motifs is 4. The van der Waals surface area contributed by atoms with Crippen molar-refractivity contribution in [3.05, 3.63) is 76.3 Å². The lowest BCUT2D eigenvalue weighted by atomic mass is 9.74. The number of aryl methyl sites for hydroxylation is 1. The first-order chi connectivity index (χ1) is 39.0. The van der Waals surface area contributed by atoms with Crippen molar-refractivity contribution in [2.45, 2.75) is 125 Å². The van der Waals surface area contributed by atoms with Gasteiger partial charge in [0.05, 0.1) is 33.1 Å². The van der Waals surface area contributed by atoms with Crippen LogP contribution in [0.1, 0.15) is 102 Å². The highest BCUT2D eigenvalue weighted by atomic mass is 19.1. The van der Waals surface area contributed by atoms with Gasteiger partial charge in [0.1, 0.15) is 47.9 Å². The lowest BCUT2D eigenvalue weighted by Gasteiger charge is -2.60. The van der Waals surface area contributed by atoms with Gasteiger partial charge in [-0.3, -0.25) is 38.8 Å². The maximum atomic E-state index is 17.3. The number of benzene rings is 3. The third-order valence-electron chi connectivity index (χ3n) is 19.2. The molecule has 1 unspecified atom stereocenters. The smallest absolute Gasteiger partial charge is 0.409 e. The van der Waals surface area contributed by atoms with Crippen LogP contribution in [-0.2, 0) is 21.4 Å². The molecule has 0 aliphatic carbocycles. The highest BCUT2D eigenvalue weighted by Crippen LogP contribution is 2.46. The third kappa shape index (κ3) is 9.17. The predicted molar refractivity (Wildman–Crippen MR) is 299 cm³/mol. The number of terminal acetylenes is 1. The van der Waals surface area contributed by atoms with Gasteiger partial charge in [0, 0.05) is 99.7 Å². The third-order valence-corrected chi connectivity index (χ3v) is 19.2. The van der Waals surface area contributed by atoms with E-state index in [2.05, 4.69) is 35.9 Å². The van der Waals surface area contributed by atoms with E-state index in [1.807, 2.05) is 28.0 Å². The van der Waals surface area contributed by atoms with E-state index in [0.717, 1.165) is 95.2 Å². The molecule has 3 amide bonds. The Morgan fingerprint density at radius 1 is 0.877 bits per heavy atom. The fourth-order valence-electron chi connectivity index (χ4n) is 14.9. The quantitative estimate of drug-likeness (QED) is 0.0988. The molecule has 10 heterocycles. The highest BCUT2D eigenvalue weighted by Gasteiger charge is 2.52. The number of aromatic nitrogens is 5. The molecule has 0 saturated carbocycles. The van der Waals surface area contributed by atoms with Crippen LogP contribution in [0.15, 0.2) is 53.5 Å². The van der Waals surface area contributed by atoms with Crippen molar-refractivity contribution in [1.29, 1.82) is 0 Å². The molecule has 1 spiro atoms. The Kier molecular flexibility index (Phi) is 13.2. The molecule has 21 heteroatoms. The number of amides is 3. The number of imide groups is 1. The number of phenols is 1. The zero-order valence-electron chi connectivity index (χ0n) is 45.8. The van der Waals surface area contributed by atoms with Crippen LogP contribution in [0.25, 0.3) is 44.0 Å². The van der Waals surface area contributed by atoms with Gasteiger partial charge in [-0.25, -0.2) is 18.4 Å². The molecule has 7 saturated heterocycles. The molecule has 81 heavy (non-hydrogen) atoms. The first-order valence-electron chi connectivity index (χ1n) is 28.7. The maximum absolute atomic E-state index is 17.3. The number of ether oxygens (including phenoxy) is 2. The van der Waals surface area contributed by atoms with Crippen LogP contribution in [0.4, 0.5) is 25.1 Å². The Balaban J connectivity index is 0.644. The number of halogens is 2. The molecule has 3 N–H and O–H groups in total. The average Bonchev–Trinajstić information content (AvgIpc) is 4.11. The summed E-state index contributed by atoms with van der Waals surface area (Å²) >= 11 is 0. The number of nitrogens with one attached hydrogen (secondary N) is 1. The summed E-state index contributed by atoms with van der Waals surface area (Å²) in [6.45, 7) is 7.86. The van der Waals surface area contributed by atoms with E-state index in [0.29, 0.717) is 67.0 Å². The Labute approximate surface area is 466 Å². The maximum Gasteiger partial charge on any atom is 0.409 e. The lowest BCUT2D eigenvalue weighted by molar-refractivity contribution is -0.135. The number of pyridine rings is 1. The minimum absolute atomic E-state index is 0.0125. The van der Waals surface area contributed by atoms with Gasteiger partial charge < -0.3 is 34.4 Å². The molecular formula is C60H67F2N11O8. The number of nitrogens with zero attached hydrogens (tertiary/aromatic N) is 10. The first-order valence-corrected chi connectivity index (χ1v) is 28.7. The molecular weight excluding hydrogens is 1040 g/mol. The number of rotatable bonds is 10. The molecule has 7 fully saturated rings. The Hall–Kier alpha value is -7.41. The highest BCUT2D eigenvalue weighted by molar-refractivity contribution is 6.03. The number of carbonyl (C=O) groups excluding carboxylic acids is 3. The number of phenolic OH excluding ortho intramolecular Hbond substituents is 1. The van der Waals surface area contributed by atoms with E-state index in [-0.39, 0.29) is 100 Å². The number of β-amino-alcohol motifs (C(OH)–C–C–N with tert-alkyl or cyclic N) is 1. The number of hydrogen-bond donors (Lipinski definition) is 3. The first kappa shape index (κ1) is 52.9. The standard InChI is InChI=1S/C60H67F2N11O8/c1-4-41-44(61)9-7-36-29-40(74)31-42(49(36)41)51-50(62)52-43(32-63-51)53(70-22-5-16-58(2,79)34-70)66-55(65-52)81-35-60-17-6-23-71(60)39(13-18-60)33-80-57(78)69-26-19-59(20-27-69)21-28-72(59)37-14-24-68(25-15-37)38-8-10-45-47(30-38)67(3)56(77)73(45)46-11-12-48(75)64-54(46)76/h1,7-10,29-32,37,39,46,74,79H,5-6,11-28,33-35H2,2-3H3,(H,64,75,76)/t39-,46?,58+,60-/m0/s1. The van der Waals surface area contributed by atoms with Crippen LogP contribution in [-0.4, -0.2) is 161 Å². The topological polar surface area (TPSA) is 204 Å². The SMILES string of the molecule is C#Cc1c(F)ccc2cc(O)cc(-c3ncc4c(N5CCC[C@@](C)(O)C5)nc(OC[C@@]56CCCN5[C@H](COC(=O)N5CCC7(CC5)CCN7C5CCN(c7ccc8c(c7)n(C)c(=O)n8C7CCC(=O)NC7=O)CC5)CC6)nc4c3F)c12.